The van der Waals surface area contributed by atoms with Crippen molar-refractivity contribution >= 4 is 5.69 Å². The molecule has 1 aromatic rings. The molecule has 1 heterocycles. The molecule has 0 aromatic heterocycles. The van der Waals surface area contributed by atoms with Gasteiger partial charge in [0.1, 0.15) is 0 Å². The lowest BCUT2D eigenvalue weighted by molar-refractivity contribution is 1.05. The first-order chi connectivity index (χ1) is 6.24. The second kappa shape index (κ2) is 3.06. The topological polar surface area (TPSA) is 12.0 Å². The van der Waals surface area contributed by atoms with E-state index in [0.29, 0.717) is 0 Å². The molecular formula is C12H17N. The molecule has 0 aliphatic carbocycles. The minimum Gasteiger partial charge on any atom is -0.384 e. The summed E-state index contributed by atoms with van der Waals surface area (Å²) < 4.78 is 0. The number of aryl methyl sites for hydroxylation is 2. The van der Waals surface area contributed by atoms with Crippen LogP contribution in [0.2, 0.25) is 0 Å². The van der Waals surface area contributed by atoms with E-state index in [9.17, 15) is 0 Å². The second-order valence-electron chi connectivity index (χ2n) is 3.86. The monoisotopic (exact) mass is 175 g/mol. The van der Waals surface area contributed by atoms with Gasteiger partial charge in [0.05, 0.1) is 0 Å². The fraction of sp³-hybridized carbons (Fsp3) is 0.500. The molecule has 0 fully saturated rings. The Morgan fingerprint density at radius 1 is 1.38 bits per heavy atom. The molecule has 0 amide bonds. The first-order valence-electron chi connectivity index (χ1n) is 5.10. The Balaban J connectivity index is 2.62. The summed E-state index contributed by atoms with van der Waals surface area (Å²) in [6, 6.07) is 2.33. The number of nitrogens with one attached hydrogen (secondary N) is 1. The third kappa shape index (κ3) is 1.23. The zero-order valence-electron chi connectivity index (χ0n) is 8.70. The first kappa shape index (κ1) is 8.61. The van der Waals surface area contributed by atoms with Gasteiger partial charge >= 0.3 is 0 Å². The second-order valence-corrected chi connectivity index (χ2v) is 3.86. The molecule has 70 valence electrons. The summed E-state index contributed by atoms with van der Waals surface area (Å²) in [5.74, 6) is 0. The molecule has 1 N–H and O–H groups in total. The first-order valence-corrected chi connectivity index (χ1v) is 5.10. The van der Waals surface area contributed by atoms with Crippen molar-refractivity contribution in [3.63, 3.8) is 0 Å². The lowest BCUT2D eigenvalue weighted by Gasteiger charge is -2.12. The SMILES string of the molecule is CCc1cc(C)c2c(c1C)CCN2. The number of fused-ring (bicyclic) bond motifs is 1. The van der Waals surface area contributed by atoms with Crippen molar-refractivity contribution in [1.82, 2.24) is 0 Å². The van der Waals surface area contributed by atoms with E-state index in [4.69, 9.17) is 0 Å². The van der Waals surface area contributed by atoms with Crippen molar-refractivity contribution < 1.29 is 0 Å². The lowest BCUT2D eigenvalue weighted by atomic mass is 9.95. The number of rotatable bonds is 1. The molecule has 0 saturated heterocycles. The van der Waals surface area contributed by atoms with E-state index in [-0.39, 0.29) is 0 Å². The van der Waals surface area contributed by atoms with Crippen LogP contribution in [0.15, 0.2) is 6.07 Å². The fourth-order valence-corrected chi connectivity index (χ4v) is 2.30. The highest BCUT2D eigenvalue weighted by Crippen LogP contribution is 2.31. The van der Waals surface area contributed by atoms with Crippen LogP contribution in [0.4, 0.5) is 5.69 Å². The van der Waals surface area contributed by atoms with Crippen LogP contribution in [-0.2, 0) is 12.8 Å². The van der Waals surface area contributed by atoms with Crippen molar-refractivity contribution in [1.29, 1.82) is 0 Å². The molecule has 1 aliphatic rings. The van der Waals surface area contributed by atoms with Gasteiger partial charge < -0.3 is 5.32 Å². The van der Waals surface area contributed by atoms with Gasteiger partial charge in [-0.1, -0.05) is 13.0 Å². The van der Waals surface area contributed by atoms with Crippen LogP contribution in [-0.4, -0.2) is 6.54 Å². The van der Waals surface area contributed by atoms with Crippen molar-refractivity contribution in [2.75, 3.05) is 11.9 Å². The van der Waals surface area contributed by atoms with E-state index in [1.807, 2.05) is 0 Å². The third-order valence-electron chi connectivity index (χ3n) is 3.08. The summed E-state index contributed by atoms with van der Waals surface area (Å²) >= 11 is 0. The maximum atomic E-state index is 3.46. The average Bonchev–Trinajstić information content (AvgIpc) is 2.60. The average molecular weight is 175 g/mol. The van der Waals surface area contributed by atoms with Crippen molar-refractivity contribution in [3.05, 3.63) is 28.3 Å². The maximum Gasteiger partial charge on any atom is 0.0406 e. The van der Waals surface area contributed by atoms with Gasteiger partial charge in [-0.05, 0) is 48.9 Å². The molecule has 1 aromatic carbocycles. The summed E-state index contributed by atoms with van der Waals surface area (Å²) in [5.41, 5.74) is 7.38. The molecule has 0 spiro atoms. The van der Waals surface area contributed by atoms with Crippen LogP contribution in [0.25, 0.3) is 0 Å². The summed E-state index contributed by atoms with van der Waals surface area (Å²) in [4.78, 5) is 0. The predicted molar refractivity (Wildman–Crippen MR) is 57.5 cm³/mol. The molecule has 1 nitrogen and oxygen atoms in total. The van der Waals surface area contributed by atoms with Gasteiger partial charge in [0.25, 0.3) is 0 Å². The highest BCUT2D eigenvalue weighted by atomic mass is 14.9. The van der Waals surface area contributed by atoms with Gasteiger partial charge in [-0.2, -0.15) is 0 Å². The summed E-state index contributed by atoms with van der Waals surface area (Å²) in [6.45, 7) is 7.81. The van der Waals surface area contributed by atoms with Crippen LogP contribution in [0.3, 0.4) is 0 Å². The van der Waals surface area contributed by atoms with Crippen molar-refractivity contribution in [2.24, 2.45) is 0 Å². The predicted octanol–water partition coefficient (Wildman–Crippen LogP) is 2.83. The summed E-state index contributed by atoms with van der Waals surface area (Å²) in [7, 11) is 0. The Bertz CT molecular complexity index is 339. The largest absolute Gasteiger partial charge is 0.384 e. The number of hydrogen-bond donors (Lipinski definition) is 1. The number of benzene rings is 1. The van der Waals surface area contributed by atoms with Crippen molar-refractivity contribution in [2.45, 2.75) is 33.6 Å². The van der Waals surface area contributed by atoms with E-state index in [0.717, 1.165) is 13.0 Å². The summed E-state index contributed by atoms with van der Waals surface area (Å²) in [5, 5.41) is 3.46. The van der Waals surface area contributed by atoms with E-state index in [1.165, 1.54) is 28.8 Å². The van der Waals surface area contributed by atoms with E-state index in [1.54, 1.807) is 5.56 Å². The molecular weight excluding hydrogens is 158 g/mol. The van der Waals surface area contributed by atoms with Gasteiger partial charge in [0, 0.05) is 12.2 Å². The maximum absolute atomic E-state index is 3.46. The molecule has 0 unspecified atom stereocenters. The summed E-state index contributed by atoms with van der Waals surface area (Å²) in [6.07, 6.45) is 2.36. The van der Waals surface area contributed by atoms with Gasteiger partial charge in [-0.25, -0.2) is 0 Å². The minimum atomic E-state index is 1.12. The highest BCUT2D eigenvalue weighted by Gasteiger charge is 2.16. The third-order valence-corrected chi connectivity index (χ3v) is 3.08. The van der Waals surface area contributed by atoms with Crippen LogP contribution >= 0.6 is 0 Å². The van der Waals surface area contributed by atoms with E-state index >= 15 is 0 Å². The molecule has 1 aliphatic heterocycles. The molecule has 13 heavy (non-hydrogen) atoms. The molecule has 0 radical (unpaired) electrons. The Kier molecular flexibility index (Phi) is 2.03. The zero-order chi connectivity index (χ0) is 9.42. The van der Waals surface area contributed by atoms with E-state index < -0.39 is 0 Å². The standard InChI is InChI=1S/C12H17N/c1-4-10-7-8(2)12-11(9(10)3)5-6-13-12/h7,13H,4-6H2,1-3H3. The quantitative estimate of drug-likeness (QED) is 0.692. The van der Waals surface area contributed by atoms with Crippen LogP contribution < -0.4 is 5.32 Å². The fourth-order valence-electron chi connectivity index (χ4n) is 2.30. The Morgan fingerprint density at radius 3 is 2.85 bits per heavy atom. The van der Waals surface area contributed by atoms with Crippen LogP contribution in [0.1, 0.15) is 29.2 Å². The number of hydrogen-bond acceptors (Lipinski definition) is 1. The number of anilines is 1. The van der Waals surface area contributed by atoms with Gasteiger partial charge in [0.2, 0.25) is 0 Å². The van der Waals surface area contributed by atoms with Gasteiger partial charge in [-0.15, -0.1) is 0 Å². The zero-order valence-corrected chi connectivity index (χ0v) is 8.70. The van der Waals surface area contributed by atoms with Crippen LogP contribution in [0, 0.1) is 13.8 Å². The smallest absolute Gasteiger partial charge is 0.0406 e. The Labute approximate surface area is 80.2 Å². The normalized spacial score (nSPS) is 14.1. The molecule has 0 saturated carbocycles. The van der Waals surface area contributed by atoms with Crippen LogP contribution in [0.5, 0.6) is 0 Å². The van der Waals surface area contributed by atoms with E-state index in [2.05, 4.69) is 32.2 Å². The van der Waals surface area contributed by atoms with Crippen molar-refractivity contribution in [3.8, 4) is 0 Å². The molecule has 0 bridgehead atoms. The van der Waals surface area contributed by atoms with Gasteiger partial charge in [0.15, 0.2) is 0 Å². The Morgan fingerprint density at radius 2 is 2.15 bits per heavy atom. The minimum absolute atomic E-state index is 1.12. The lowest BCUT2D eigenvalue weighted by Crippen LogP contribution is -1.95. The molecule has 1 heteroatoms. The van der Waals surface area contributed by atoms with Gasteiger partial charge in [-0.3, -0.25) is 0 Å². The molecule has 0 atom stereocenters. The highest BCUT2D eigenvalue weighted by molar-refractivity contribution is 5.65. The Hall–Kier alpha value is -0.980. The molecule has 2 rings (SSSR count).